The minimum Gasteiger partial charge on any atom is -0.356 e. The number of amides is 3. The van der Waals surface area contributed by atoms with Crippen molar-refractivity contribution in [2.75, 3.05) is 6.54 Å². The second-order valence-corrected chi connectivity index (χ2v) is 8.25. The number of nitriles is 1. The van der Waals surface area contributed by atoms with Gasteiger partial charge in [-0.2, -0.15) is 18.4 Å². The number of halogens is 3. The molecule has 0 aromatic carbocycles. The molecular formula is C18H22F3N5O3S. The third kappa shape index (κ3) is 6.41. The van der Waals surface area contributed by atoms with Crippen molar-refractivity contribution in [2.45, 2.75) is 51.4 Å². The number of carbonyl (C=O) groups excluding carboxylic acids is 3. The number of thiazole rings is 1. The molecule has 0 bridgehead atoms. The highest BCUT2D eigenvalue weighted by Crippen LogP contribution is 2.31. The third-order valence-electron chi connectivity index (χ3n) is 4.46. The maximum absolute atomic E-state index is 12.7. The van der Waals surface area contributed by atoms with Crippen LogP contribution in [0.1, 0.15) is 48.6 Å². The van der Waals surface area contributed by atoms with Crippen molar-refractivity contribution in [3.05, 3.63) is 16.1 Å². The van der Waals surface area contributed by atoms with Gasteiger partial charge in [-0.1, -0.05) is 13.8 Å². The van der Waals surface area contributed by atoms with Gasteiger partial charge in [0.15, 0.2) is 5.01 Å². The molecular weight excluding hydrogens is 423 g/mol. The van der Waals surface area contributed by atoms with Crippen LogP contribution in [-0.2, 0) is 15.8 Å². The molecule has 1 aromatic rings. The zero-order valence-electron chi connectivity index (χ0n) is 16.4. The Labute approximate surface area is 175 Å². The number of aromatic nitrogens is 1. The Hall–Kier alpha value is -2.68. The minimum atomic E-state index is -4.66. The maximum atomic E-state index is 12.7. The van der Waals surface area contributed by atoms with E-state index >= 15 is 0 Å². The minimum absolute atomic E-state index is 0.0247. The Morgan fingerprint density at radius 3 is 2.60 bits per heavy atom. The fourth-order valence-electron chi connectivity index (χ4n) is 3.01. The first-order chi connectivity index (χ1) is 14.0. The van der Waals surface area contributed by atoms with Crippen molar-refractivity contribution in [3.8, 4) is 6.07 Å². The molecule has 1 saturated heterocycles. The van der Waals surface area contributed by atoms with Crippen molar-refractivity contribution in [1.29, 1.82) is 5.26 Å². The molecule has 0 spiro atoms. The van der Waals surface area contributed by atoms with E-state index in [-0.39, 0.29) is 41.9 Å². The molecule has 2 heterocycles. The molecule has 0 aliphatic carbocycles. The van der Waals surface area contributed by atoms with Gasteiger partial charge < -0.3 is 16.0 Å². The molecule has 12 heteroatoms. The first-order valence-electron chi connectivity index (χ1n) is 9.32. The average Bonchev–Trinajstić information content (AvgIpc) is 3.29. The molecule has 3 atom stereocenters. The van der Waals surface area contributed by atoms with Gasteiger partial charge in [0.25, 0.3) is 5.91 Å². The molecule has 3 N–H and O–H groups in total. The summed E-state index contributed by atoms with van der Waals surface area (Å²) in [5, 5.41) is 16.7. The topological polar surface area (TPSA) is 124 Å². The lowest BCUT2D eigenvalue weighted by atomic mass is 9.98. The van der Waals surface area contributed by atoms with E-state index < -0.39 is 40.8 Å². The van der Waals surface area contributed by atoms with Crippen LogP contribution in [0, 0.1) is 23.2 Å². The highest BCUT2D eigenvalue weighted by molar-refractivity contribution is 7.09. The highest BCUT2D eigenvalue weighted by atomic mass is 32.1. The van der Waals surface area contributed by atoms with E-state index in [1.165, 1.54) is 0 Å². The second-order valence-electron chi connectivity index (χ2n) is 7.39. The number of rotatable bonds is 8. The van der Waals surface area contributed by atoms with Crippen LogP contribution in [0.5, 0.6) is 0 Å². The molecule has 1 aromatic heterocycles. The van der Waals surface area contributed by atoms with Crippen LogP contribution in [-0.4, -0.2) is 41.3 Å². The van der Waals surface area contributed by atoms with Crippen molar-refractivity contribution in [2.24, 2.45) is 11.8 Å². The van der Waals surface area contributed by atoms with Crippen LogP contribution in [0.4, 0.5) is 13.2 Å². The highest BCUT2D eigenvalue weighted by Gasteiger charge is 2.36. The quantitative estimate of drug-likeness (QED) is 0.563. The number of alkyl halides is 3. The van der Waals surface area contributed by atoms with Crippen LogP contribution in [0.2, 0.25) is 0 Å². The normalized spacial score (nSPS) is 18.4. The van der Waals surface area contributed by atoms with Crippen LogP contribution >= 0.6 is 11.3 Å². The number of nitrogens with zero attached hydrogens (tertiary/aromatic N) is 2. The molecule has 0 radical (unpaired) electrons. The lowest BCUT2D eigenvalue weighted by molar-refractivity contribution is -0.137. The standard InChI is InChI=1S/C18H22F3N5O3S/c1-9(2)5-12(25-16(29)13-8-30-17(26-13)18(19,20)21)15(28)24-11(7-22)6-10-3-4-23-14(10)27/h8-12H,3-6H2,1-2H3,(H,23,27)(H,24,28)(H,25,29)/t10-,11-,12-/m0/s1. The van der Waals surface area contributed by atoms with Gasteiger partial charge in [-0.05, 0) is 25.2 Å². The van der Waals surface area contributed by atoms with Crippen LogP contribution in [0.25, 0.3) is 0 Å². The van der Waals surface area contributed by atoms with Crippen molar-refractivity contribution < 1.29 is 27.6 Å². The van der Waals surface area contributed by atoms with E-state index in [9.17, 15) is 32.8 Å². The Kier molecular flexibility index (Phi) is 7.77. The van der Waals surface area contributed by atoms with Gasteiger partial charge in [0.2, 0.25) is 11.8 Å². The molecule has 1 fully saturated rings. The predicted octanol–water partition coefficient (Wildman–Crippen LogP) is 1.84. The second kappa shape index (κ2) is 9.88. The van der Waals surface area contributed by atoms with E-state index in [1.807, 2.05) is 19.9 Å². The monoisotopic (exact) mass is 445 g/mol. The zero-order valence-corrected chi connectivity index (χ0v) is 17.2. The first-order valence-corrected chi connectivity index (χ1v) is 10.2. The summed E-state index contributed by atoms with van der Waals surface area (Å²) in [4.78, 5) is 40.0. The molecule has 0 unspecified atom stereocenters. The predicted molar refractivity (Wildman–Crippen MR) is 101 cm³/mol. The number of carbonyl (C=O) groups is 3. The number of nitrogens with one attached hydrogen (secondary N) is 3. The van der Waals surface area contributed by atoms with E-state index in [2.05, 4.69) is 20.9 Å². The van der Waals surface area contributed by atoms with Crippen LogP contribution < -0.4 is 16.0 Å². The van der Waals surface area contributed by atoms with Gasteiger partial charge >= 0.3 is 6.18 Å². The van der Waals surface area contributed by atoms with E-state index in [0.717, 1.165) is 5.38 Å². The summed E-state index contributed by atoms with van der Waals surface area (Å²) in [6, 6.07) is -0.0706. The summed E-state index contributed by atoms with van der Waals surface area (Å²) in [7, 11) is 0. The van der Waals surface area contributed by atoms with Gasteiger partial charge in [-0.25, -0.2) is 4.98 Å². The Morgan fingerprint density at radius 1 is 1.40 bits per heavy atom. The van der Waals surface area contributed by atoms with Gasteiger partial charge in [-0.3, -0.25) is 14.4 Å². The Balaban J connectivity index is 2.05. The smallest absolute Gasteiger partial charge is 0.356 e. The van der Waals surface area contributed by atoms with Crippen LogP contribution in [0.3, 0.4) is 0 Å². The van der Waals surface area contributed by atoms with Gasteiger partial charge in [0.1, 0.15) is 17.8 Å². The Morgan fingerprint density at radius 2 is 2.10 bits per heavy atom. The molecule has 0 saturated carbocycles. The molecule has 1 aliphatic heterocycles. The molecule has 164 valence electrons. The van der Waals surface area contributed by atoms with Gasteiger partial charge in [0, 0.05) is 17.8 Å². The molecule has 3 amide bonds. The summed E-state index contributed by atoms with van der Waals surface area (Å²) < 4.78 is 38.1. The Bertz CT molecular complexity index is 834. The average molecular weight is 445 g/mol. The first kappa shape index (κ1) is 23.6. The van der Waals surface area contributed by atoms with E-state index in [0.29, 0.717) is 13.0 Å². The lowest BCUT2D eigenvalue weighted by Gasteiger charge is -2.22. The van der Waals surface area contributed by atoms with E-state index in [1.54, 1.807) is 0 Å². The fraction of sp³-hybridized carbons (Fsp3) is 0.611. The van der Waals surface area contributed by atoms with Gasteiger partial charge in [-0.15, -0.1) is 11.3 Å². The van der Waals surface area contributed by atoms with Crippen molar-refractivity contribution in [1.82, 2.24) is 20.9 Å². The molecule has 1 aliphatic rings. The largest absolute Gasteiger partial charge is 0.443 e. The summed E-state index contributed by atoms with van der Waals surface area (Å²) in [5.41, 5.74) is -0.437. The summed E-state index contributed by atoms with van der Waals surface area (Å²) in [5.74, 6) is -2.15. The molecule has 30 heavy (non-hydrogen) atoms. The number of hydrogen-bond donors (Lipinski definition) is 3. The summed E-state index contributed by atoms with van der Waals surface area (Å²) >= 11 is 0.288. The van der Waals surface area contributed by atoms with Gasteiger partial charge in [0.05, 0.1) is 6.07 Å². The zero-order chi connectivity index (χ0) is 22.5. The molecule has 8 nitrogen and oxygen atoms in total. The third-order valence-corrected chi connectivity index (χ3v) is 5.35. The molecule has 2 rings (SSSR count). The maximum Gasteiger partial charge on any atom is 0.443 e. The number of hydrogen-bond acceptors (Lipinski definition) is 6. The fourth-order valence-corrected chi connectivity index (χ4v) is 3.68. The lowest BCUT2D eigenvalue weighted by Crippen LogP contribution is -2.50. The SMILES string of the molecule is CC(C)C[C@H](NC(=O)c1csc(C(F)(F)F)n1)C(=O)N[C@H](C#N)C[C@@H]1CCNC1=O. The summed E-state index contributed by atoms with van der Waals surface area (Å²) in [6.45, 7) is 4.12. The van der Waals surface area contributed by atoms with Crippen LogP contribution in [0.15, 0.2) is 5.38 Å². The summed E-state index contributed by atoms with van der Waals surface area (Å²) in [6.07, 6.45) is -3.76. The van der Waals surface area contributed by atoms with Crippen molar-refractivity contribution >= 4 is 29.1 Å². The van der Waals surface area contributed by atoms with Crippen molar-refractivity contribution in [3.63, 3.8) is 0 Å². The van der Waals surface area contributed by atoms with E-state index in [4.69, 9.17) is 0 Å².